The lowest BCUT2D eigenvalue weighted by atomic mass is 10.2. The number of aryl methyl sites for hydroxylation is 2. The van der Waals surface area contributed by atoms with Crippen LogP contribution in [0.2, 0.25) is 0 Å². The molecule has 4 heteroatoms. The summed E-state index contributed by atoms with van der Waals surface area (Å²) in [5, 5.41) is 0. The number of rotatable bonds is 5. The topological polar surface area (TPSA) is 56.7 Å². The van der Waals surface area contributed by atoms with Crippen molar-refractivity contribution in [3.8, 4) is 0 Å². The molecule has 0 aliphatic carbocycles. The molecule has 0 aliphatic heterocycles. The van der Waals surface area contributed by atoms with E-state index in [1.165, 1.54) is 5.56 Å². The van der Waals surface area contributed by atoms with Gasteiger partial charge in [-0.1, -0.05) is 6.07 Å². The highest BCUT2D eigenvalue weighted by Crippen LogP contribution is 2.03. The van der Waals surface area contributed by atoms with Gasteiger partial charge in [0.05, 0.1) is 0 Å². The maximum absolute atomic E-state index is 5.53. The van der Waals surface area contributed by atoms with Crippen LogP contribution in [0.15, 0.2) is 36.9 Å². The smallest absolute Gasteiger partial charge is 0.109 e. The van der Waals surface area contributed by atoms with Crippen molar-refractivity contribution in [2.45, 2.75) is 19.4 Å². The maximum atomic E-state index is 5.53. The Bertz CT molecular complexity index is 422. The molecule has 0 saturated heterocycles. The zero-order valence-corrected chi connectivity index (χ0v) is 9.21. The number of nitrogens with zero attached hydrogens (tertiary/aromatic N) is 3. The normalized spacial score (nSPS) is 10.6. The minimum atomic E-state index is 0.643. The van der Waals surface area contributed by atoms with Crippen LogP contribution in [0.3, 0.4) is 0 Å². The van der Waals surface area contributed by atoms with Gasteiger partial charge in [0.1, 0.15) is 5.82 Å². The summed E-state index contributed by atoms with van der Waals surface area (Å²) in [7, 11) is 0. The van der Waals surface area contributed by atoms with Gasteiger partial charge in [0.25, 0.3) is 0 Å². The average Bonchev–Trinajstić information content (AvgIpc) is 2.76. The van der Waals surface area contributed by atoms with Crippen molar-refractivity contribution in [3.63, 3.8) is 0 Å². The van der Waals surface area contributed by atoms with Crippen LogP contribution in [0, 0.1) is 0 Å². The van der Waals surface area contributed by atoms with Crippen molar-refractivity contribution in [1.82, 2.24) is 14.5 Å². The Hall–Kier alpha value is -1.68. The monoisotopic (exact) mass is 216 g/mol. The lowest BCUT2D eigenvalue weighted by Crippen LogP contribution is -2.11. The van der Waals surface area contributed by atoms with Crippen LogP contribution in [0.1, 0.15) is 11.4 Å². The summed E-state index contributed by atoms with van der Waals surface area (Å²) in [6.07, 6.45) is 9.33. The van der Waals surface area contributed by atoms with E-state index in [0.717, 1.165) is 25.2 Å². The van der Waals surface area contributed by atoms with Gasteiger partial charge in [-0.05, 0) is 24.6 Å². The number of hydrogen-bond acceptors (Lipinski definition) is 3. The van der Waals surface area contributed by atoms with Crippen molar-refractivity contribution in [2.75, 3.05) is 6.54 Å². The van der Waals surface area contributed by atoms with Gasteiger partial charge in [0.15, 0.2) is 0 Å². The molecule has 0 radical (unpaired) electrons. The van der Waals surface area contributed by atoms with Crippen molar-refractivity contribution in [3.05, 3.63) is 48.3 Å². The lowest BCUT2D eigenvalue weighted by molar-refractivity contribution is 0.647. The Kier molecular flexibility index (Phi) is 3.66. The van der Waals surface area contributed by atoms with E-state index in [-0.39, 0.29) is 0 Å². The van der Waals surface area contributed by atoms with E-state index >= 15 is 0 Å². The van der Waals surface area contributed by atoms with Gasteiger partial charge in [0.2, 0.25) is 0 Å². The molecule has 0 atom stereocenters. The first-order valence-corrected chi connectivity index (χ1v) is 5.49. The molecule has 0 aromatic carbocycles. The molecule has 0 bridgehead atoms. The van der Waals surface area contributed by atoms with E-state index in [0.29, 0.717) is 6.54 Å². The first kappa shape index (κ1) is 10.8. The molecule has 0 amide bonds. The second-order valence-electron chi connectivity index (χ2n) is 3.69. The number of nitrogens with two attached hydrogens (primary N) is 1. The lowest BCUT2D eigenvalue weighted by Gasteiger charge is -2.06. The van der Waals surface area contributed by atoms with Crippen LogP contribution in [0.5, 0.6) is 0 Å². The molecule has 0 spiro atoms. The minimum Gasteiger partial charge on any atom is -0.335 e. The Labute approximate surface area is 95.1 Å². The van der Waals surface area contributed by atoms with Crippen LogP contribution >= 0.6 is 0 Å². The van der Waals surface area contributed by atoms with Crippen LogP contribution in [0.4, 0.5) is 0 Å². The fourth-order valence-corrected chi connectivity index (χ4v) is 1.70. The van der Waals surface area contributed by atoms with E-state index < -0.39 is 0 Å². The third kappa shape index (κ3) is 2.67. The number of hydrogen-bond donors (Lipinski definition) is 1. The predicted octanol–water partition coefficient (Wildman–Crippen LogP) is 1.02. The largest absolute Gasteiger partial charge is 0.335 e. The van der Waals surface area contributed by atoms with Crippen LogP contribution in [-0.2, 0) is 19.4 Å². The van der Waals surface area contributed by atoms with Crippen molar-refractivity contribution in [2.24, 2.45) is 5.73 Å². The van der Waals surface area contributed by atoms with E-state index in [1.54, 1.807) is 6.20 Å². The Morgan fingerprint density at radius 3 is 2.94 bits per heavy atom. The van der Waals surface area contributed by atoms with Gasteiger partial charge in [0, 0.05) is 37.8 Å². The van der Waals surface area contributed by atoms with Gasteiger partial charge in [-0.25, -0.2) is 4.98 Å². The van der Waals surface area contributed by atoms with Crippen molar-refractivity contribution >= 4 is 0 Å². The van der Waals surface area contributed by atoms with Crippen molar-refractivity contribution in [1.29, 1.82) is 0 Å². The Morgan fingerprint density at radius 2 is 2.19 bits per heavy atom. The highest BCUT2D eigenvalue weighted by Gasteiger charge is 2.01. The van der Waals surface area contributed by atoms with Crippen LogP contribution in [-0.4, -0.2) is 21.1 Å². The molecule has 0 aliphatic rings. The van der Waals surface area contributed by atoms with Gasteiger partial charge in [-0.15, -0.1) is 0 Å². The molecule has 2 heterocycles. The van der Waals surface area contributed by atoms with E-state index in [9.17, 15) is 0 Å². The molecular weight excluding hydrogens is 200 g/mol. The first-order valence-electron chi connectivity index (χ1n) is 5.49. The summed E-state index contributed by atoms with van der Waals surface area (Å²) in [5.41, 5.74) is 6.78. The Morgan fingerprint density at radius 1 is 1.25 bits per heavy atom. The number of aromatic nitrogens is 3. The van der Waals surface area contributed by atoms with E-state index in [1.807, 2.05) is 24.7 Å². The molecule has 0 fully saturated rings. The number of imidazole rings is 1. The fourth-order valence-electron chi connectivity index (χ4n) is 1.70. The minimum absolute atomic E-state index is 0.643. The summed E-state index contributed by atoms with van der Waals surface area (Å²) < 4.78 is 2.15. The van der Waals surface area contributed by atoms with Crippen LogP contribution in [0.25, 0.3) is 0 Å². The third-order valence-electron chi connectivity index (χ3n) is 2.53. The molecule has 0 saturated carbocycles. The maximum Gasteiger partial charge on any atom is 0.109 e. The van der Waals surface area contributed by atoms with Crippen molar-refractivity contribution < 1.29 is 0 Å². The Balaban J connectivity index is 1.97. The molecule has 84 valence electrons. The summed E-state index contributed by atoms with van der Waals surface area (Å²) in [6.45, 7) is 1.57. The number of pyridine rings is 1. The highest BCUT2D eigenvalue weighted by molar-refractivity contribution is 5.08. The van der Waals surface area contributed by atoms with E-state index in [2.05, 4.69) is 20.6 Å². The first-order chi connectivity index (χ1) is 7.90. The highest BCUT2D eigenvalue weighted by atomic mass is 15.1. The van der Waals surface area contributed by atoms with Gasteiger partial charge < -0.3 is 10.3 Å². The predicted molar refractivity (Wildman–Crippen MR) is 62.9 cm³/mol. The molecule has 4 nitrogen and oxygen atoms in total. The van der Waals surface area contributed by atoms with Gasteiger partial charge in [-0.3, -0.25) is 4.98 Å². The standard InChI is InChI=1S/C12H16N4/c13-5-3-12-15-7-9-16(12)8-4-11-2-1-6-14-10-11/h1-2,6-7,9-10H,3-5,8,13H2. The van der Waals surface area contributed by atoms with Gasteiger partial charge in [-0.2, -0.15) is 0 Å². The fraction of sp³-hybridized carbons (Fsp3) is 0.333. The zero-order valence-electron chi connectivity index (χ0n) is 9.21. The zero-order chi connectivity index (χ0) is 11.2. The molecule has 16 heavy (non-hydrogen) atoms. The molecule has 0 unspecified atom stereocenters. The SMILES string of the molecule is NCCc1nccn1CCc1cccnc1. The molecular formula is C12H16N4. The third-order valence-corrected chi connectivity index (χ3v) is 2.53. The van der Waals surface area contributed by atoms with E-state index in [4.69, 9.17) is 5.73 Å². The average molecular weight is 216 g/mol. The summed E-state index contributed by atoms with van der Waals surface area (Å²) >= 11 is 0. The van der Waals surface area contributed by atoms with Crippen LogP contribution < -0.4 is 5.73 Å². The molecule has 2 aromatic heterocycles. The summed E-state index contributed by atoms with van der Waals surface area (Å²) in [5.74, 6) is 1.06. The molecule has 2 aromatic rings. The summed E-state index contributed by atoms with van der Waals surface area (Å²) in [6, 6.07) is 4.05. The second kappa shape index (κ2) is 5.42. The summed E-state index contributed by atoms with van der Waals surface area (Å²) in [4.78, 5) is 8.38. The molecule has 2 N–H and O–H groups in total. The quantitative estimate of drug-likeness (QED) is 0.812. The van der Waals surface area contributed by atoms with Gasteiger partial charge >= 0.3 is 0 Å². The second-order valence-corrected chi connectivity index (χ2v) is 3.69. The molecule has 2 rings (SSSR count).